The summed E-state index contributed by atoms with van der Waals surface area (Å²) in [7, 11) is 0. The van der Waals surface area contributed by atoms with E-state index >= 15 is 0 Å². The highest BCUT2D eigenvalue weighted by Gasteiger charge is 2.62. The van der Waals surface area contributed by atoms with E-state index in [0.29, 0.717) is 35.3 Å². The summed E-state index contributed by atoms with van der Waals surface area (Å²) >= 11 is 0. The molecular weight excluding hydrogens is 701 g/mol. The molecule has 0 spiro atoms. The second kappa shape index (κ2) is 14.2. The highest BCUT2D eigenvalue weighted by atomic mass is 16.3. The van der Waals surface area contributed by atoms with Gasteiger partial charge in [-0.2, -0.15) is 0 Å². The Morgan fingerprint density at radius 3 is 1.66 bits per heavy atom. The Kier molecular flexibility index (Phi) is 8.85. The molecule has 0 aromatic heterocycles. The number of carbonyl (C=O) groups excluding carboxylic acids is 4. The maximum Gasteiger partial charge on any atom is 0.238 e. The molecule has 278 valence electrons. The highest BCUT2D eigenvalue weighted by Crippen LogP contribution is 2.59. The van der Waals surface area contributed by atoms with Crippen molar-refractivity contribution in [2.24, 2.45) is 29.6 Å². The van der Waals surface area contributed by atoms with Gasteiger partial charge in [0.15, 0.2) is 0 Å². The number of anilines is 6. The van der Waals surface area contributed by atoms with Crippen molar-refractivity contribution in [1.82, 2.24) is 0 Å². The average Bonchev–Trinajstić information content (AvgIpc) is 3.63. The molecule has 0 radical (unpaired) electrons. The van der Waals surface area contributed by atoms with Crippen molar-refractivity contribution >= 4 is 57.8 Å². The molecule has 2 saturated heterocycles. The van der Waals surface area contributed by atoms with E-state index in [1.54, 1.807) is 30.3 Å². The number of carbonyl (C=O) groups is 4. The summed E-state index contributed by atoms with van der Waals surface area (Å²) < 4.78 is 0. The number of phenolic OH excluding ortho intramolecular Hbond substituents is 1. The van der Waals surface area contributed by atoms with Gasteiger partial charge in [-0.3, -0.25) is 29.0 Å². The number of imide groups is 2. The van der Waals surface area contributed by atoms with Crippen molar-refractivity contribution in [3.8, 4) is 5.75 Å². The molecule has 9 heteroatoms. The number of nitrogens with zero attached hydrogens (tertiary/aromatic N) is 2. The van der Waals surface area contributed by atoms with Crippen LogP contribution in [-0.2, 0) is 25.6 Å². The Morgan fingerprint density at radius 1 is 0.589 bits per heavy atom. The summed E-state index contributed by atoms with van der Waals surface area (Å²) in [5, 5.41) is 18.4. The summed E-state index contributed by atoms with van der Waals surface area (Å²) in [6, 6.07) is 39.3. The number of hydrogen-bond acceptors (Lipinski definition) is 7. The molecule has 5 aromatic rings. The minimum absolute atomic E-state index is 0.0505. The average molecular weight is 741 g/mol. The first-order valence-electron chi connectivity index (χ1n) is 19.0. The first-order valence-corrected chi connectivity index (χ1v) is 19.0. The van der Waals surface area contributed by atoms with Crippen LogP contribution in [0.3, 0.4) is 0 Å². The molecule has 3 N–H and O–H groups in total. The number of allylic oxidation sites excluding steroid dienone is 3. The molecule has 4 aliphatic rings. The first-order chi connectivity index (χ1) is 27.3. The summed E-state index contributed by atoms with van der Waals surface area (Å²) in [6.07, 6.45) is 4.67. The summed E-state index contributed by atoms with van der Waals surface area (Å²) in [5.41, 5.74) is 6.40. The van der Waals surface area contributed by atoms with E-state index in [1.807, 2.05) is 109 Å². The van der Waals surface area contributed by atoms with Gasteiger partial charge in [0.05, 0.1) is 35.0 Å². The monoisotopic (exact) mass is 740 g/mol. The summed E-state index contributed by atoms with van der Waals surface area (Å²) in [5.74, 6) is -5.27. The largest absolute Gasteiger partial charge is 0.507 e. The van der Waals surface area contributed by atoms with Crippen LogP contribution in [0.15, 0.2) is 152 Å². The molecular formula is C47H40N4O5. The number of phenols is 1. The number of para-hydroxylation sites is 3. The van der Waals surface area contributed by atoms with E-state index in [1.165, 1.54) is 9.80 Å². The van der Waals surface area contributed by atoms with Crippen LogP contribution >= 0.6 is 0 Å². The molecule has 5 aromatic carbocycles. The van der Waals surface area contributed by atoms with Crippen molar-refractivity contribution in [2.45, 2.75) is 25.2 Å². The maximum atomic E-state index is 14.7. The summed E-state index contributed by atoms with van der Waals surface area (Å²) in [6.45, 7) is 3.85. The van der Waals surface area contributed by atoms with E-state index < -0.39 is 35.5 Å². The van der Waals surface area contributed by atoms with Gasteiger partial charge in [-0.05, 0) is 104 Å². The molecule has 2 heterocycles. The molecule has 6 atom stereocenters. The van der Waals surface area contributed by atoms with Crippen molar-refractivity contribution in [3.63, 3.8) is 0 Å². The van der Waals surface area contributed by atoms with Crippen molar-refractivity contribution in [2.75, 3.05) is 20.4 Å². The SMILES string of the molecule is C=CCc1cccc([C@H]2C3=CC[C@@H]4C(=O)N(c5ccc(Nc6ccccc6)cc5)C(=O)[C@@H]4[C@@H]3C[C@H]3C(=O)N(c4ccc(Nc5ccccc5)cc4)C(=O)[C@@H]23)c1O. The third-order valence-corrected chi connectivity index (χ3v) is 11.9. The van der Waals surface area contributed by atoms with Crippen LogP contribution < -0.4 is 20.4 Å². The van der Waals surface area contributed by atoms with Crippen LogP contribution in [0.4, 0.5) is 34.1 Å². The van der Waals surface area contributed by atoms with Gasteiger partial charge in [0.2, 0.25) is 23.6 Å². The Hall–Kier alpha value is -6.74. The quantitative estimate of drug-likeness (QED) is 0.102. The summed E-state index contributed by atoms with van der Waals surface area (Å²) in [4.78, 5) is 60.4. The van der Waals surface area contributed by atoms with Gasteiger partial charge in [0.25, 0.3) is 0 Å². The predicted octanol–water partition coefficient (Wildman–Crippen LogP) is 8.65. The minimum Gasteiger partial charge on any atom is -0.507 e. The minimum atomic E-state index is -0.804. The normalized spacial score (nSPS) is 24.0. The number of rotatable bonds is 9. The zero-order valence-electron chi connectivity index (χ0n) is 30.5. The molecule has 9 rings (SSSR count). The van der Waals surface area contributed by atoms with E-state index in [2.05, 4.69) is 17.2 Å². The fourth-order valence-corrected chi connectivity index (χ4v) is 9.39. The van der Waals surface area contributed by atoms with Crippen LogP contribution in [-0.4, -0.2) is 28.7 Å². The highest BCUT2D eigenvalue weighted by molar-refractivity contribution is 6.24. The Labute approximate surface area is 325 Å². The predicted molar refractivity (Wildman–Crippen MR) is 217 cm³/mol. The van der Waals surface area contributed by atoms with Gasteiger partial charge in [-0.1, -0.05) is 72.3 Å². The Morgan fingerprint density at radius 2 is 1.11 bits per heavy atom. The van der Waals surface area contributed by atoms with Gasteiger partial charge < -0.3 is 15.7 Å². The van der Waals surface area contributed by atoms with Crippen LogP contribution in [0.1, 0.15) is 29.9 Å². The lowest BCUT2D eigenvalue weighted by Crippen LogP contribution is -2.43. The lowest BCUT2D eigenvalue weighted by molar-refractivity contribution is -0.126. The van der Waals surface area contributed by atoms with Crippen LogP contribution in [0, 0.1) is 29.6 Å². The van der Waals surface area contributed by atoms with Crippen molar-refractivity contribution < 1.29 is 24.3 Å². The second-order valence-electron chi connectivity index (χ2n) is 15.0. The van der Waals surface area contributed by atoms with Crippen LogP contribution in [0.5, 0.6) is 5.75 Å². The number of benzene rings is 5. The second-order valence-corrected chi connectivity index (χ2v) is 15.0. The van der Waals surface area contributed by atoms with E-state index in [0.717, 1.165) is 28.3 Å². The lowest BCUT2D eigenvalue weighted by atomic mass is 9.57. The topological polar surface area (TPSA) is 119 Å². The fraction of sp³-hybridized carbons (Fsp3) is 0.191. The number of nitrogens with one attached hydrogen (secondary N) is 2. The van der Waals surface area contributed by atoms with E-state index in [-0.39, 0.29) is 35.8 Å². The van der Waals surface area contributed by atoms with Gasteiger partial charge in [0.1, 0.15) is 5.75 Å². The molecule has 9 nitrogen and oxygen atoms in total. The molecule has 4 amide bonds. The van der Waals surface area contributed by atoms with Crippen LogP contribution in [0.25, 0.3) is 0 Å². The van der Waals surface area contributed by atoms with E-state index in [4.69, 9.17) is 0 Å². The number of amides is 4. The Balaban J connectivity index is 1.06. The zero-order chi connectivity index (χ0) is 38.5. The number of aromatic hydroxyl groups is 1. The van der Waals surface area contributed by atoms with Gasteiger partial charge in [-0.15, -0.1) is 6.58 Å². The fourth-order valence-electron chi connectivity index (χ4n) is 9.39. The molecule has 0 unspecified atom stereocenters. The molecule has 2 aliphatic carbocycles. The third kappa shape index (κ3) is 5.87. The third-order valence-electron chi connectivity index (χ3n) is 11.9. The lowest BCUT2D eigenvalue weighted by Gasteiger charge is -2.44. The van der Waals surface area contributed by atoms with Crippen molar-refractivity contribution in [1.29, 1.82) is 0 Å². The van der Waals surface area contributed by atoms with E-state index in [9.17, 15) is 24.3 Å². The molecule has 56 heavy (non-hydrogen) atoms. The smallest absolute Gasteiger partial charge is 0.238 e. The number of fused-ring (bicyclic) bond motifs is 4. The van der Waals surface area contributed by atoms with Gasteiger partial charge in [-0.25, -0.2) is 0 Å². The standard InChI is InChI=1S/C47H40N4O5/c1-2-10-28-11-9-16-36(43(28)52)40-35-25-26-37-41(46(55)50(44(37)53)33-21-17-31(18-22-33)48-29-12-5-3-6-13-29)38(35)27-39-42(40)47(56)51(45(39)54)34-23-19-32(20-24-34)49-30-14-7-4-8-15-30/h2-9,11-25,37-42,48-49,52H,1,10,26-27H2/t37-,38+,39+,40+,41-,42+/m0/s1. The number of hydrogen-bond donors (Lipinski definition) is 3. The molecule has 0 bridgehead atoms. The Bertz CT molecular complexity index is 2390. The molecule has 3 fully saturated rings. The van der Waals surface area contributed by atoms with Crippen molar-refractivity contribution in [3.05, 3.63) is 163 Å². The molecule has 2 aliphatic heterocycles. The molecule has 1 saturated carbocycles. The van der Waals surface area contributed by atoms with Gasteiger partial charge >= 0.3 is 0 Å². The van der Waals surface area contributed by atoms with Gasteiger partial charge in [0, 0.05) is 34.2 Å². The first kappa shape index (κ1) is 35.0. The zero-order valence-corrected chi connectivity index (χ0v) is 30.5. The maximum absolute atomic E-state index is 14.7. The van der Waals surface area contributed by atoms with Crippen LogP contribution in [0.2, 0.25) is 0 Å².